The number of aliphatic hydroxyl groups is 1. The van der Waals surface area contributed by atoms with E-state index < -0.39 is 0 Å². The zero-order valence-electron chi connectivity index (χ0n) is 9.50. The van der Waals surface area contributed by atoms with E-state index in [0.29, 0.717) is 5.92 Å². The minimum absolute atomic E-state index is 0.261. The van der Waals surface area contributed by atoms with E-state index in [0.717, 1.165) is 36.1 Å². The summed E-state index contributed by atoms with van der Waals surface area (Å²) in [6.07, 6.45) is 2.99. The Morgan fingerprint density at radius 2 is 2.31 bits per heavy atom. The first-order valence-electron chi connectivity index (χ1n) is 5.75. The molecule has 0 radical (unpaired) electrons. The first-order valence-corrected chi connectivity index (χ1v) is 6.55. The van der Waals surface area contributed by atoms with E-state index in [-0.39, 0.29) is 6.61 Å². The highest BCUT2D eigenvalue weighted by Gasteiger charge is 2.17. The fourth-order valence-electron chi connectivity index (χ4n) is 2.02. The van der Waals surface area contributed by atoms with Gasteiger partial charge in [-0.25, -0.2) is 0 Å². The van der Waals surface area contributed by atoms with Crippen LogP contribution in [0.4, 0.5) is 0 Å². The van der Waals surface area contributed by atoms with Gasteiger partial charge in [0.2, 0.25) is 0 Å². The Bertz CT molecular complexity index is 376. The molecule has 1 heterocycles. The van der Waals surface area contributed by atoms with Gasteiger partial charge in [0.05, 0.1) is 6.61 Å². The third kappa shape index (κ3) is 2.58. The molecule has 0 amide bonds. The number of aryl methyl sites for hydroxylation is 1. The van der Waals surface area contributed by atoms with Crippen LogP contribution >= 0.6 is 15.9 Å². The molecule has 88 valence electrons. The van der Waals surface area contributed by atoms with Crippen LogP contribution < -0.4 is 4.74 Å². The monoisotopic (exact) mass is 284 g/mol. The third-order valence-corrected chi connectivity index (χ3v) is 3.50. The lowest BCUT2D eigenvalue weighted by molar-refractivity contribution is 0.230. The summed E-state index contributed by atoms with van der Waals surface area (Å²) in [5, 5.41) is 9.02. The van der Waals surface area contributed by atoms with Crippen molar-refractivity contribution >= 4 is 15.9 Å². The van der Waals surface area contributed by atoms with Crippen LogP contribution in [0.25, 0.3) is 0 Å². The summed E-state index contributed by atoms with van der Waals surface area (Å²) >= 11 is 3.53. The summed E-state index contributed by atoms with van der Waals surface area (Å²) in [5.74, 6) is 1.43. The van der Waals surface area contributed by atoms with Gasteiger partial charge in [-0.15, -0.1) is 0 Å². The zero-order chi connectivity index (χ0) is 11.5. The maximum absolute atomic E-state index is 9.02. The van der Waals surface area contributed by atoms with Gasteiger partial charge in [0, 0.05) is 17.5 Å². The van der Waals surface area contributed by atoms with Gasteiger partial charge in [-0.05, 0) is 42.0 Å². The molecular weight excluding hydrogens is 268 g/mol. The molecule has 0 bridgehead atoms. The van der Waals surface area contributed by atoms with Crippen molar-refractivity contribution in [3.63, 3.8) is 0 Å². The zero-order valence-corrected chi connectivity index (χ0v) is 11.1. The topological polar surface area (TPSA) is 29.5 Å². The molecule has 2 rings (SSSR count). The standard InChI is InChI=1S/C13H17BrO2/c1-9(8-15)2-3-10-6-12(14)7-11-4-5-16-13(10)11/h6-7,9,15H,2-5,8H2,1H3. The van der Waals surface area contributed by atoms with Gasteiger partial charge in [0.1, 0.15) is 5.75 Å². The fraction of sp³-hybridized carbons (Fsp3) is 0.538. The van der Waals surface area contributed by atoms with E-state index in [1.165, 1.54) is 11.1 Å². The summed E-state index contributed by atoms with van der Waals surface area (Å²) in [6.45, 7) is 3.13. The summed E-state index contributed by atoms with van der Waals surface area (Å²) < 4.78 is 6.80. The Kier molecular flexibility index (Phi) is 3.87. The van der Waals surface area contributed by atoms with Gasteiger partial charge in [-0.1, -0.05) is 22.9 Å². The SMILES string of the molecule is CC(CO)CCc1cc(Br)cc2c1OCC2. The lowest BCUT2D eigenvalue weighted by Crippen LogP contribution is -2.03. The quantitative estimate of drug-likeness (QED) is 0.921. The molecule has 0 saturated heterocycles. The average molecular weight is 285 g/mol. The molecule has 1 aliphatic rings. The minimum atomic E-state index is 0.261. The summed E-state index contributed by atoms with van der Waals surface area (Å²) in [6, 6.07) is 4.27. The number of rotatable bonds is 4. The first kappa shape index (κ1) is 11.9. The molecule has 0 spiro atoms. The number of benzene rings is 1. The summed E-state index contributed by atoms with van der Waals surface area (Å²) in [7, 11) is 0. The number of hydrogen-bond acceptors (Lipinski definition) is 2. The Balaban J connectivity index is 2.14. The molecule has 3 heteroatoms. The van der Waals surface area contributed by atoms with Gasteiger partial charge in [-0.3, -0.25) is 0 Å². The number of hydrogen-bond donors (Lipinski definition) is 1. The third-order valence-electron chi connectivity index (χ3n) is 3.04. The molecule has 1 unspecified atom stereocenters. The van der Waals surface area contributed by atoms with E-state index in [1.807, 2.05) is 0 Å². The lowest BCUT2D eigenvalue weighted by Gasteiger charge is -2.11. The molecule has 0 aromatic heterocycles. The molecule has 0 aliphatic carbocycles. The average Bonchev–Trinajstić information content (AvgIpc) is 2.73. The normalized spacial score (nSPS) is 15.7. The van der Waals surface area contributed by atoms with E-state index >= 15 is 0 Å². The molecular formula is C13H17BrO2. The summed E-state index contributed by atoms with van der Waals surface area (Å²) in [4.78, 5) is 0. The predicted octanol–water partition coefficient (Wildman–Crippen LogP) is 2.95. The second kappa shape index (κ2) is 5.19. The number of fused-ring (bicyclic) bond motifs is 1. The molecule has 0 fully saturated rings. The number of halogens is 1. The summed E-state index contributed by atoms with van der Waals surface area (Å²) in [5.41, 5.74) is 2.57. The second-order valence-electron chi connectivity index (χ2n) is 4.48. The Morgan fingerprint density at radius 1 is 1.50 bits per heavy atom. The van der Waals surface area contributed by atoms with E-state index in [9.17, 15) is 0 Å². The van der Waals surface area contributed by atoms with Gasteiger partial charge in [-0.2, -0.15) is 0 Å². The largest absolute Gasteiger partial charge is 0.493 e. The van der Waals surface area contributed by atoms with Crippen LogP contribution in [0.1, 0.15) is 24.5 Å². The van der Waals surface area contributed by atoms with Gasteiger partial charge >= 0.3 is 0 Å². The highest BCUT2D eigenvalue weighted by molar-refractivity contribution is 9.10. The molecule has 1 aliphatic heterocycles. The van der Waals surface area contributed by atoms with E-state index in [1.54, 1.807) is 0 Å². The maximum atomic E-state index is 9.02. The molecule has 1 aromatic rings. The van der Waals surface area contributed by atoms with E-state index in [4.69, 9.17) is 9.84 Å². The molecule has 0 saturated carbocycles. The van der Waals surface area contributed by atoms with Crippen molar-refractivity contribution < 1.29 is 9.84 Å². The number of ether oxygens (including phenoxy) is 1. The molecule has 1 atom stereocenters. The van der Waals surface area contributed by atoms with Crippen molar-refractivity contribution in [3.05, 3.63) is 27.7 Å². The Hall–Kier alpha value is -0.540. The highest BCUT2D eigenvalue weighted by Crippen LogP contribution is 2.34. The highest BCUT2D eigenvalue weighted by atomic mass is 79.9. The Morgan fingerprint density at radius 3 is 3.06 bits per heavy atom. The van der Waals surface area contributed by atoms with Gasteiger partial charge in [0.15, 0.2) is 0 Å². The second-order valence-corrected chi connectivity index (χ2v) is 5.39. The van der Waals surface area contributed by atoms with Gasteiger partial charge in [0.25, 0.3) is 0 Å². The van der Waals surface area contributed by atoms with Gasteiger partial charge < -0.3 is 9.84 Å². The van der Waals surface area contributed by atoms with Crippen LogP contribution in [-0.2, 0) is 12.8 Å². The van der Waals surface area contributed by atoms with Crippen LogP contribution in [0.5, 0.6) is 5.75 Å². The minimum Gasteiger partial charge on any atom is -0.493 e. The van der Waals surface area contributed by atoms with E-state index in [2.05, 4.69) is 35.0 Å². The molecule has 1 aromatic carbocycles. The first-order chi connectivity index (χ1) is 7.70. The van der Waals surface area contributed by atoms with Crippen LogP contribution in [0, 0.1) is 5.92 Å². The maximum Gasteiger partial charge on any atom is 0.125 e. The van der Waals surface area contributed by atoms with Crippen LogP contribution in [0.2, 0.25) is 0 Å². The van der Waals surface area contributed by atoms with Crippen LogP contribution in [0.3, 0.4) is 0 Å². The molecule has 1 N–H and O–H groups in total. The van der Waals surface area contributed by atoms with Crippen molar-refractivity contribution in [1.29, 1.82) is 0 Å². The van der Waals surface area contributed by atoms with Crippen molar-refractivity contribution in [1.82, 2.24) is 0 Å². The number of aliphatic hydroxyl groups excluding tert-OH is 1. The van der Waals surface area contributed by atoms with Crippen LogP contribution in [0.15, 0.2) is 16.6 Å². The van der Waals surface area contributed by atoms with Crippen molar-refractivity contribution in [2.75, 3.05) is 13.2 Å². The van der Waals surface area contributed by atoms with Crippen LogP contribution in [-0.4, -0.2) is 18.3 Å². The van der Waals surface area contributed by atoms with Crippen molar-refractivity contribution in [2.24, 2.45) is 5.92 Å². The molecule has 16 heavy (non-hydrogen) atoms. The van der Waals surface area contributed by atoms with Crippen molar-refractivity contribution in [3.8, 4) is 5.75 Å². The molecule has 2 nitrogen and oxygen atoms in total. The lowest BCUT2D eigenvalue weighted by atomic mass is 9.99. The smallest absolute Gasteiger partial charge is 0.125 e. The predicted molar refractivity (Wildman–Crippen MR) is 67.9 cm³/mol. The Labute approximate surface area is 105 Å². The van der Waals surface area contributed by atoms with Crippen molar-refractivity contribution in [2.45, 2.75) is 26.2 Å². The fourth-order valence-corrected chi connectivity index (χ4v) is 2.58.